The number of alkyl carbamates (subject to hydrolysis) is 1. The van der Waals surface area contributed by atoms with Crippen LogP contribution in [0.4, 0.5) is 15.3 Å². The summed E-state index contributed by atoms with van der Waals surface area (Å²) in [5.41, 5.74) is -1.77. The van der Waals surface area contributed by atoms with E-state index in [1.54, 1.807) is 40.7 Å². The fourth-order valence-corrected chi connectivity index (χ4v) is 5.53. The highest BCUT2D eigenvalue weighted by atomic mass is 16.6. The third-order valence-corrected chi connectivity index (χ3v) is 6.90. The monoisotopic (exact) mass is 525 g/mol. The predicted molar refractivity (Wildman–Crippen MR) is 140 cm³/mol. The number of carbonyl (C=O) groups excluding carboxylic acids is 4. The number of hydrogen-bond donors (Lipinski definition) is 3. The van der Waals surface area contributed by atoms with Gasteiger partial charge in [-0.25, -0.2) is 14.4 Å². The highest BCUT2D eigenvalue weighted by molar-refractivity contribution is 5.95. The van der Waals surface area contributed by atoms with Crippen molar-refractivity contribution in [2.75, 3.05) is 18.5 Å². The minimum atomic E-state index is -1.55. The van der Waals surface area contributed by atoms with Gasteiger partial charge in [-0.2, -0.15) is 0 Å². The van der Waals surface area contributed by atoms with Gasteiger partial charge in [0.2, 0.25) is 0 Å². The van der Waals surface area contributed by atoms with Gasteiger partial charge in [-0.1, -0.05) is 30.3 Å². The number of urea groups is 1. The van der Waals surface area contributed by atoms with Gasteiger partial charge >= 0.3 is 24.1 Å². The molecular weight excluding hydrogens is 490 g/mol. The van der Waals surface area contributed by atoms with Crippen molar-refractivity contribution >= 4 is 40.5 Å². The Morgan fingerprint density at radius 1 is 0.974 bits per heavy atom. The topological polar surface area (TPSA) is 132 Å². The molecule has 2 saturated carbocycles. The molecule has 2 fully saturated rings. The largest absolute Gasteiger partial charge is 0.466 e. The summed E-state index contributed by atoms with van der Waals surface area (Å²) in [6, 6.07) is 12.3. The molecule has 3 amide bonds. The van der Waals surface area contributed by atoms with Gasteiger partial charge in [-0.3, -0.25) is 4.79 Å². The number of ether oxygens (including phenoxy) is 3. The number of carbonyl (C=O) groups is 4. The van der Waals surface area contributed by atoms with Crippen LogP contribution >= 0.6 is 0 Å². The van der Waals surface area contributed by atoms with Gasteiger partial charge in [0, 0.05) is 24.1 Å². The van der Waals surface area contributed by atoms with E-state index in [1.165, 1.54) is 0 Å². The Kier molecular flexibility index (Phi) is 7.53. The molecule has 0 saturated heterocycles. The van der Waals surface area contributed by atoms with Crippen LogP contribution in [0.5, 0.6) is 0 Å². The summed E-state index contributed by atoms with van der Waals surface area (Å²) >= 11 is 0. The second kappa shape index (κ2) is 10.5. The lowest BCUT2D eigenvalue weighted by atomic mass is 9.89. The van der Waals surface area contributed by atoms with Gasteiger partial charge in [0.05, 0.1) is 19.1 Å². The Bertz CT molecular complexity index is 1240. The van der Waals surface area contributed by atoms with Crippen LogP contribution in [0.1, 0.15) is 41.0 Å². The molecule has 0 aliphatic heterocycles. The van der Waals surface area contributed by atoms with Crippen LogP contribution in [0.15, 0.2) is 42.5 Å². The van der Waals surface area contributed by atoms with Crippen molar-refractivity contribution in [1.29, 1.82) is 0 Å². The van der Waals surface area contributed by atoms with Gasteiger partial charge in [0.1, 0.15) is 11.1 Å². The van der Waals surface area contributed by atoms with Crippen LogP contribution in [0, 0.1) is 17.8 Å². The average Bonchev–Trinajstić information content (AvgIpc) is 3.51. The molecule has 10 heteroatoms. The van der Waals surface area contributed by atoms with Gasteiger partial charge in [-0.15, -0.1) is 0 Å². The molecule has 0 spiro atoms. The minimum Gasteiger partial charge on any atom is -0.466 e. The number of anilines is 1. The molecule has 2 aliphatic rings. The molecule has 0 radical (unpaired) electrons. The Morgan fingerprint density at radius 3 is 2.32 bits per heavy atom. The third kappa shape index (κ3) is 5.54. The normalized spacial score (nSPS) is 25.6. The van der Waals surface area contributed by atoms with Gasteiger partial charge in [-0.05, 0) is 63.4 Å². The Morgan fingerprint density at radius 2 is 1.66 bits per heavy atom. The second-order valence-corrected chi connectivity index (χ2v) is 10.7. The van der Waals surface area contributed by atoms with Crippen molar-refractivity contribution in [2.24, 2.45) is 17.8 Å². The third-order valence-electron chi connectivity index (χ3n) is 6.90. The lowest BCUT2D eigenvalue weighted by molar-refractivity contribution is -0.153. The summed E-state index contributed by atoms with van der Waals surface area (Å²) in [4.78, 5) is 51.9. The number of fused-ring (bicyclic) bond motifs is 2. The fourth-order valence-electron chi connectivity index (χ4n) is 5.53. The van der Waals surface area contributed by atoms with Crippen LogP contribution < -0.4 is 16.0 Å². The summed E-state index contributed by atoms with van der Waals surface area (Å²) in [7, 11) is 0. The standard InChI is InChI=1S/C28H35N3O7/c1-6-36-23(32)21-20-19(30-25(34)29-18-13-12-16-10-8-9-11-17(16)14-18)15-28(22(20)21,24(33)37-7-2)31-26(35)38-27(3,4)5/h8-14,19-22H,6-7,15H2,1-5H3,(H,31,35)(H2,29,30,34). The van der Waals surface area contributed by atoms with Gasteiger partial charge < -0.3 is 30.2 Å². The van der Waals surface area contributed by atoms with Gasteiger partial charge in [0.15, 0.2) is 0 Å². The summed E-state index contributed by atoms with van der Waals surface area (Å²) in [5, 5.41) is 10.5. The maximum Gasteiger partial charge on any atom is 0.408 e. The smallest absolute Gasteiger partial charge is 0.408 e. The highest BCUT2D eigenvalue weighted by Gasteiger charge is 2.76. The highest BCUT2D eigenvalue weighted by Crippen LogP contribution is 2.63. The van der Waals surface area contributed by atoms with E-state index in [0.717, 1.165) is 10.8 Å². The van der Waals surface area contributed by atoms with E-state index in [4.69, 9.17) is 14.2 Å². The number of hydrogen-bond acceptors (Lipinski definition) is 7. The summed E-state index contributed by atoms with van der Waals surface area (Å²) in [5.74, 6) is -2.88. The summed E-state index contributed by atoms with van der Waals surface area (Å²) in [6.07, 6.45) is -0.762. The van der Waals surface area contributed by atoms with Crippen molar-refractivity contribution < 1.29 is 33.4 Å². The number of esters is 2. The van der Waals surface area contributed by atoms with E-state index in [9.17, 15) is 19.2 Å². The van der Waals surface area contributed by atoms with Crippen molar-refractivity contribution in [3.05, 3.63) is 42.5 Å². The minimum absolute atomic E-state index is 0.0431. The molecule has 3 N–H and O–H groups in total. The van der Waals surface area contributed by atoms with Crippen LogP contribution in [0.3, 0.4) is 0 Å². The van der Waals surface area contributed by atoms with E-state index in [-0.39, 0.29) is 19.6 Å². The van der Waals surface area contributed by atoms with Crippen molar-refractivity contribution in [2.45, 2.75) is 58.2 Å². The molecule has 0 bridgehead atoms. The molecular formula is C28H35N3O7. The zero-order valence-corrected chi connectivity index (χ0v) is 22.3. The van der Waals surface area contributed by atoms with Crippen LogP contribution in [-0.4, -0.2) is 54.5 Å². The molecule has 10 nitrogen and oxygen atoms in total. The van der Waals surface area contributed by atoms with Crippen molar-refractivity contribution in [3.8, 4) is 0 Å². The lowest BCUT2D eigenvalue weighted by Gasteiger charge is -2.33. The quantitative estimate of drug-likeness (QED) is 0.368. The summed E-state index contributed by atoms with van der Waals surface area (Å²) in [6.45, 7) is 8.73. The molecule has 2 aromatic rings. The molecule has 5 unspecified atom stereocenters. The van der Waals surface area contributed by atoms with Gasteiger partial charge in [0.25, 0.3) is 0 Å². The summed E-state index contributed by atoms with van der Waals surface area (Å²) < 4.78 is 16.0. The van der Waals surface area contributed by atoms with E-state index >= 15 is 0 Å². The SMILES string of the molecule is CCOC(=O)C1C2C(NC(=O)Nc3ccc4ccccc4c3)CC(NC(=O)OC(C)(C)C)(C(=O)OCC)C12. The Hall–Kier alpha value is -3.82. The van der Waals surface area contributed by atoms with E-state index < -0.39 is 59.0 Å². The first-order valence-electron chi connectivity index (χ1n) is 12.9. The fraction of sp³-hybridized carbons (Fsp3) is 0.500. The molecule has 0 heterocycles. The van der Waals surface area contributed by atoms with E-state index in [2.05, 4.69) is 16.0 Å². The molecule has 5 atom stereocenters. The Balaban J connectivity index is 1.57. The first-order valence-corrected chi connectivity index (χ1v) is 12.9. The van der Waals surface area contributed by atoms with Crippen LogP contribution in [-0.2, 0) is 23.8 Å². The Labute approximate surface area is 221 Å². The maximum atomic E-state index is 13.3. The predicted octanol–water partition coefficient (Wildman–Crippen LogP) is 3.99. The average molecular weight is 526 g/mol. The number of benzene rings is 2. The molecule has 38 heavy (non-hydrogen) atoms. The zero-order chi connectivity index (χ0) is 27.7. The van der Waals surface area contributed by atoms with Crippen molar-refractivity contribution in [1.82, 2.24) is 10.6 Å². The number of amides is 3. The zero-order valence-electron chi connectivity index (χ0n) is 22.3. The van der Waals surface area contributed by atoms with Crippen LogP contribution in [0.25, 0.3) is 10.8 Å². The molecule has 4 rings (SSSR count). The van der Waals surface area contributed by atoms with E-state index in [0.29, 0.717) is 5.69 Å². The van der Waals surface area contributed by atoms with E-state index in [1.807, 2.05) is 36.4 Å². The molecule has 0 aromatic heterocycles. The number of nitrogens with one attached hydrogen (secondary N) is 3. The van der Waals surface area contributed by atoms with Crippen molar-refractivity contribution in [3.63, 3.8) is 0 Å². The maximum absolute atomic E-state index is 13.3. The van der Waals surface area contributed by atoms with Crippen LogP contribution in [0.2, 0.25) is 0 Å². The molecule has 2 aromatic carbocycles. The first-order chi connectivity index (χ1) is 18.0. The first kappa shape index (κ1) is 27.2. The molecule has 204 valence electrons. The number of rotatable bonds is 7. The molecule has 2 aliphatic carbocycles. The second-order valence-electron chi connectivity index (χ2n) is 10.7. The lowest BCUT2D eigenvalue weighted by Crippen LogP contribution is -2.59.